The number of halogens is 2. The summed E-state index contributed by atoms with van der Waals surface area (Å²) in [7, 11) is 4.00. The second-order valence-electron chi connectivity index (χ2n) is 7.51. The van der Waals surface area contributed by atoms with Crippen molar-refractivity contribution < 1.29 is 14.6 Å². The molecule has 0 aliphatic carbocycles. The van der Waals surface area contributed by atoms with Crippen molar-refractivity contribution in [2.75, 3.05) is 27.2 Å². The highest BCUT2D eigenvalue weighted by atomic mass is 35.5. The molecule has 3 rings (SSSR count). The van der Waals surface area contributed by atoms with Crippen LogP contribution in [0.4, 0.5) is 0 Å². The third-order valence-electron chi connectivity index (χ3n) is 4.73. The van der Waals surface area contributed by atoms with E-state index in [2.05, 4.69) is 9.88 Å². The summed E-state index contributed by atoms with van der Waals surface area (Å²) >= 11 is 12.8. The topological polar surface area (TPSA) is 65.5 Å². The van der Waals surface area contributed by atoms with Gasteiger partial charge in [-0.3, -0.25) is 0 Å². The van der Waals surface area contributed by atoms with E-state index in [4.69, 9.17) is 27.9 Å². The molecule has 0 atom stereocenters. The highest BCUT2D eigenvalue weighted by Gasteiger charge is 2.16. The second-order valence-corrected chi connectivity index (χ2v) is 8.33. The summed E-state index contributed by atoms with van der Waals surface area (Å²) in [6.07, 6.45) is 0.843. The zero-order chi connectivity index (χ0) is 22.5. The standard InChI is InChI=1S/C24H24Cl2N2O3/c1-15-5-8-19(25)18(13-15)17-7-10-21(24(29)30)27-23(17)16-6-9-20(26)22(14-16)31-12-4-11-28(2)3/h5-10,13-14H,4,11-12H2,1-3H3,(H,29,30)/p-1. The third kappa shape index (κ3) is 5.76. The van der Waals surface area contributed by atoms with E-state index in [0.717, 1.165) is 24.1 Å². The van der Waals surface area contributed by atoms with Gasteiger partial charge in [-0.05, 0) is 63.8 Å². The van der Waals surface area contributed by atoms with Gasteiger partial charge in [-0.15, -0.1) is 0 Å². The second kappa shape index (κ2) is 10.1. The Kier molecular flexibility index (Phi) is 7.55. The van der Waals surface area contributed by atoms with Crippen LogP contribution in [0.2, 0.25) is 10.0 Å². The lowest BCUT2D eigenvalue weighted by atomic mass is 9.97. The van der Waals surface area contributed by atoms with Crippen LogP contribution in [0.3, 0.4) is 0 Å². The van der Waals surface area contributed by atoms with E-state index in [1.54, 1.807) is 24.3 Å². The number of ether oxygens (including phenoxy) is 1. The van der Waals surface area contributed by atoms with Gasteiger partial charge in [-0.2, -0.15) is 0 Å². The van der Waals surface area contributed by atoms with Crippen molar-refractivity contribution in [3.8, 4) is 28.1 Å². The molecule has 3 aromatic rings. The Labute approximate surface area is 192 Å². The average Bonchev–Trinajstić information content (AvgIpc) is 2.73. The molecule has 0 saturated carbocycles. The molecule has 0 unspecified atom stereocenters. The van der Waals surface area contributed by atoms with Gasteiger partial charge in [0.2, 0.25) is 0 Å². The SMILES string of the molecule is Cc1ccc(Cl)c(-c2ccc(C(=O)[O-])nc2-c2ccc(Cl)c(OCCCN(C)C)c2)c1. The number of rotatable bonds is 8. The number of carbonyl (C=O) groups excluding carboxylic acids is 1. The summed E-state index contributed by atoms with van der Waals surface area (Å²) in [5.41, 5.74) is 3.46. The van der Waals surface area contributed by atoms with Gasteiger partial charge >= 0.3 is 0 Å². The minimum Gasteiger partial charge on any atom is -0.543 e. The average molecular weight is 458 g/mol. The molecule has 0 bridgehead atoms. The maximum absolute atomic E-state index is 11.5. The molecule has 0 aliphatic rings. The number of aromatic nitrogens is 1. The van der Waals surface area contributed by atoms with Crippen molar-refractivity contribution in [2.24, 2.45) is 0 Å². The first-order valence-corrected chi connectivity index (χ1v) is 10.6. The van der Waals surface area contributed by atoms with Crippen molar-refractivity contribution in [1.29, 1.82) is 0 Å². The smallest absolute Gasteiger partial charge is 0.138 e. The lowest BCUT2D eigenvalue weighted by Crippen LogP contribution is -2.23. The van der Waals surface area contributed by atoms with Crippen molar-refractivity contribution >= 4 is 29.2 Å². The zero-order valence-corrected chi connectivity index (χ0v) is 19.1. The van der Waals surface area contributed by atoms with Gasteiger partial charge in [0.15, 0.2) is 0 Å². The molecule has 162 valence electrons. The summed E-state index contributed by atoms with van der Waals surface area (Å²) < 4.78 is 5.87. The quantitative estimate of drug-likeness (QED) is 0.457. The van der Waals surface area contributed by atoms with E-state index in [1.165, 1.54) is 6.07 Å². The fourth-order valence-corrected chi connectivity index (χ4v) is 3.57. The van der Waals surface area contributed by atoms with Crippen molar-refractivity contribution in [3.05, 3.63) is 69.8 Å². The van der Waals surface area contributed by atoms with Crippen LogP contribution in [0, 0.1) is 6.92 Å². The van der Waals surface area contributed by atoms with Crippen molar-refractivity contribution in [3.63, 3.8) is 0 Å². The Morgan fingerprint density at radius 2 is 1.77 bits per heavy atom. The van der Waals surface area contributed by atoms with E-state index in [-0.39, 0.29) is 5.69 Å². The van der Waals surface area contributed by atoms with E-state index >= 15 is 0 Å². The number of carboxylic acids is 1. The molecule has 0 spiro atoms. The minimum absolute atomic E-state index is 0.161. The number of carbonyl (C=O) groups is 1. The summed E-state index contributed by atoms with van der Waals surface area (Å²) in [5.74, 6) is -0.836. The number of aryl methyl sites for hydroxylation is 1. The first kappa shape index (κ1) is 23.1. The molecular formula is C24H23Cl2N2O3-. The van der Waals surface area contributed by atoms with E-state index in [0.29, 0.717) is 39.2 Å². The Morgan fingerprint density at radius 3 is 2.48 bits per heavy atom. The monoisotopic (exact) mass is 457 g/mol. The molecule has 5 nitrogen and oxygen atoms in total. The van der Waals surface area contributed by atoms with Crippen LogP contribution in [-0.2, 0) is 0 Å². The van der Waals surface area contributed by atoms with Gasteiger partial charge in [0.1, 0.15) is 5.75 Å². The summed E-state index contributed by atoms with van der Waals surface area (Å²) in [6, 6.07) is 14.0. The highest BCUT2D eigenvalue weighted by molar-refractivity contribution is 6.33. The number of carboxylic acid groups (broad SMARTS) is 1. The molecule has 0 N–H and O–H groups in total. The molecular weight excluding hydrogens is 435 g/mol. The van der Waals surface area contributed by atoms with Crippen LogP contribution in [-0.4, -0.2) is 43.1 Å². The summed E-state index contributed by atoms with van der Waals surface area (Å²) in [5, 5.41) is 12.5. The number of nitrogens with zero attached hydrogens (tertiary/aromatic N) is 2. The van der Waals surface area contributed by atoms with Crippen molar-refractivity contribution in [2.45, 2.75) is 13.3 Å². The first-order chi connectivity index (χ1) is 14.8. The fraction of sp³-hybridized carbons (Fsp3) is 0.250. The largest absolute Gasteiger partial charge is 0.543 e. The number of hydrogen-bond acceptors (Lipinski definition) is 5. The highest BCUT2D eigenvalue weighted by Crippen LogP contribution is 2.38. The minimum atomic E-state index is -1.35. The zero-order valence-electron chi connectivity index (χ0n) is 17.6. The first-order valence-electron chi connectivity index (χ1n) is 9.82. The van der Waals surface area contributed by atoms with Crippen LogP contribution < -0.4 is 9.84 Å². The van der Waals surface area contributed by atoms with Gasteiger partial charge in [0.05, 0.1) is 29.0 Å². The van der Waals surface area contributed by atoms with Gasteiger partial charge in [-0.1, -0.05) is 40.9 Å². The van der Waals surface area contributed by atoms with Crippen LogP contribution in [0.15, 0.2) is 48.5 Å². The van der Waals surface area contributed by atoms with Crippen molar-refractivity contribution in [1.82, 2.24) is 9.88 Å². The van der Waals surface area contributed by atoms with Crippen LogP contribution in [0.5, 0.6) is 5.75 Å². The lowest BCUT2D eigenvalue weighted by Gasteiger charge is -2.16. The van der Waals surface area contributed by atoms with E-state index < -0.39 is 5.97 Å². The number of aromatic carboxylic acids is 1. The maximum Gasteiger partial charge on any atom is 0.138 e. The Bertz CT molecular complexity index is 1100. The molecule has 0 fully saturated rings. The third-order valence-corrected chi connectivity index (χ3v) is 5.37. The van der Waals surface area contributed by atoms with Crippen LogP contribution in [0.1, 0.15) is 22.5 Å². The maximum atomic E-state index is 11.5. The number of benzene rings is 2. The molecule has 2 aromatic carbocycles. The molecule has 0 saturated heterocycles. The Morgan fingerprint density at radius 1 is 1.03 bits per heavy atom. The fourth-order valence-electron chi connectivity index (χ4n) is 3.18. The molecule has 1 heterocycles. The van der Waals surface area contributed by atoms with Gasteiger partial charge in [0, 0.05) is 28.3 Å². The van der Waals surface area contributed by atoms with Crippen LogP contribution in [0.25, 0.3) is 22.4 Å². The normalized spacial score (nSPS) is 11.0. The summed E-state index contributed by atoms with van der Waals surface area (Å²) in [4.78, 5) is 17.9. The predicted molar refractivity (Wildman–Crippen MR) is 123 cm³/mol. The molecule has 0 aliphatic heterocycles. The lowest BCUT2D eigenvalue weighted by molar-refractivity contribution is -0.255. The molecule has 1 aromatic heterocycles. The molecule has 31 heavy (non-hydrogen) atoms. The summed E-state index contributed by atoms with van der Waals surface area (Å²) in [6.45, 7) is 3.36. The Hall–Kier alpha value is -2.60. The number of hydrogen-bond donors (Lipinski definition) is 0. The number of pyridine rings is 1. The van der Waals surface area contributed by atoms with E-state index in [1.807, 2.05) is 39.2 Å². The van der Waals surface area contributed by atoms with Crippen LogP contribution >= 0.6 is 23.2 Å². The Balaban J connectivity index is 2.06. The van der Waals surface area contributed by atoms with Gasteiger partial charge in [0.25, 0.3) is 0 Å². The van der Waals surface area contributed by atoms with E-state index in [9.17, 15) is 9.90 Å². The predicted octanol–water partition coefficient (Wildman–Crippen LogP) is 4.72. The van der Waals surface area contributed by atoms with Gasteiger partial charge < -0.3 is 19.5 Å². The molecule has 7 heteroatoms. The molecule has 0 amide bonds. The molecule has 0 radical (unpaired) electrons. The van der Waals surface area contributed by atoms with Gasteiger partial charge in [-0.25, -0.2) is 4.98 Å².